The van der Waals surface area contributed by atoms with Crippen molar-refractivity contribution in [3.8, 4) is 0 Å². The van der Waals surface area contributed by atoms with Crippen LogP contribution in [0.3, 0.4) is 0 Å². The van der Waals surface area contributed by atoms with E-state index in [9.17, 15) is 14.4 Å². The first-order valence-electron chi connectivity index (χ1n) is 5.58. The van der Waals surface area contributed by atoms with E-state index >= 15 is 0 Å². The van der Waals surface area contributed by atoms with Crippen molar-refractivity contribution in [2.24, 2.45) is 0 Å². The van der Waals surface area contributed by atoms with Gasteiger partial charge in [0.15, 0.2) is 0 Å². The second-order valence-corrected chi connectivity index (χ2v) is 4.39. The Bertz CT molecular complexity index is 559. The van der Waals surface area contributed by atoms with Crippen molar-refractivity contribution in [1.82, 2.24) is 5.32 Å². The van der Waals surface area contributed by atoms with E-state index in [1.165, 1.54) is 18.2 Å². The highest BCUT2D eigenvalue weighted by atomic mass is 35.5. The molecule has 1 aromatic rings. The number of amides is 2. The van der Waals surface area contributed by atoms with Crippen LogP contribution in [0.25, 0.3) is 0 Å². The fourth-order valence-electron chi connectivity index (χ4n) is 1.82. The van der Waals surface area contributed by atoms with Gasteiger partial charge in [-0.25, -0.2) is 0 Å². The molecule has 1 heterocycles. The van der Waals surface area contributed by atoms with Gasteiger partial charge in [-0.3, -0.25) is 19.3 Å². The van der Waals surface area contributed by atoms with Crippen LogP contribution >= 0.6 is 11.6 Å². The van der Waals surface area contributed by atoms with Crippen LogP contribution in [-0.2, 0) is 9.59 Å². The van der Waals surface area contributed by atoms with Gasteiger partial charge in [-0.1, -0.05) is 11.6 Å². The van der Waals surface area contributed by atoms with E-state index in [4.69, 9.17) is 16.7 Å². The molecule has 0 radical (unpaired) electrons. The molecule has 0 aliphatic carbocycles. The zero-order valence-electron chi connectivity index (χ0n) is 9.85. The molecule has 2 rings (SSSR count). The average molecular weight is 283 g/mol. The topological polar surface area (TPSA) is 86.7 Å². The Kier molecular flexibility index (Phi) is 3.82. The molecular formula is C12H11ClN2O4. The van der Waals surface area contributed by atoms with Gasteiger partial charge in [0.05, 0.1) is 17.9 Å². The number of nitrogens with one attached hydrogen (secondary N) is 1. The number of anilines is 1. The second-order valence-electron chi connectivity index (χ2n) is 3.96. The largest absolute Gasteiger partial charge is 0.395 e. The quantitative estimate of drug-likeness (QED) is 0.760. The number of fused-ring (bicyclic) bond motifs is 1. The predicted molar refractivity (Wildman–Crippen MR) is 68.2 cm³/mol. The van der Waals surface area contributed by atoms with Gasteiger partial charge in [0.25, 0.3) is 11.7 Å². The maximum Gasteiger partial charge on any atom is 0.299 e. The Hall–Kier alpha value is -1.92. The van der Waals surface area contributed by atoms with Gasteiger partial charge in [0.2, 0.25) is 5.91 Å². The summed E-state index contributed by atoms with van der Waals surface area (Å²) in [6.45, 7) is -0.379. The Morgan fingerprint density at radius 3 is 2.79 bits per heavy atom. The summed E-state index contributed by atoms with van der Waals surface area (Å²) in [6, 6.07) is 4.45. The summed E-state index contributed by atoms with van der Waals surface area (Å²) in [7, 11) is 0. The highest BCUT2D eigenvalue weighted by molar-refractivity contribution is 6.53. The number of rotatable bonds is 4. The summed E-state index contributed by atoms with van der Waals surface area (Å²) in [5.74, 6) is -1.86. The van der Waals surface area contributed by atoms with Crippen molar-refractivity contribution in [2.45, 2.75) is 0 Å². The fraction of sp³-hybridized carbons (Fsp3) is 0.250. The summed E-state index contributed by atoms with van der Waals surface area (Å²) in [4.78, 5) is 36.1. The van der Waals surface area contributed by atoms with Gasteiger partial charge in [0.1, 0.15) is 6.54 Å². The molecule has 0 unspecified atom stereocenters. The molecule has 7 heteroatoms. The number of carbonyl (C=O) groups excluding carboxylic acids is 3. The highest BCUT2D eigenvalue weighted by Gasteiger charge is 2.36. The first kappa shape index (κ1) is 13.5. The maximum atomic E-state index is 11.8. The minimum atomic E-state index is -0.753. The van der Waals surface area contributed by atoms with Crippen LogP contribution in [0.5, 0.6) is 0 Å². The molecule has 1 aromatic carbocycles. The van der Waals surface area contributed by atoms with Gasteiger partial charge >= 0.3 is 0 Å². The number of ketones is 1. The van der Waals surface area contributed by atoms with Crippen molar-refractivity contribution in [2.75, 3.05) is 24.6 Å². The first-order chi connectivity index (χ1) is 9.04. The minimum Gasteiger partial charge on any atom is -0.395 e. The molecule has 19 heavy (non-hydrogen) atoms. The van der Waals surface area contributed by atoms with Gasteiger partial charge in [-0.15, -0.1) is 0 Å². The Morgan fingerprint density at radius 2 is 2.11 bits per heavy atom. The molecule has 0 spiro atoms. The first-order valence-corrected chi connectivity index (χ1v) is 5.95. The van der Waals surface area contributed by atoms with E-state index in [1.807, 2.05) is 0 Å². The SMILES string of the molecule is O=C(CN1C(=O)C(=O)c2ccc(Cl)cc21)NCCO. The van der Waals surface area contributed by atoms with E-state index in [-0.39, 0.29) is 25.3 Å². The average Bonchev–Trinajstić information content (AvgIpc) is 2.61. The van der Waals surface area contributed by atoms with E-state index < -0.39 is 17.6 Å². The number of halogens is 1. The van der Waals surface area contributed by atoms with E-state index in [2.05, 4.69) is 5.32 Å². The third-order valence-electron chi connectivity index (χ3n) is 2.67. The number of hydrogen-bond donors (Lipinski definition) is 2. The molecule has 1 aliphatic rings. The van der Waals surface area contributed by atoms with Crippen LogP contribution in [0, 0.1) is 0 Å². The van der Waals surface area contributed by atoms with Crippen LogP contribution in [0.2, 0.25) is 5.02 Å². The number of hydrogen-bond acceptors (Lipinski definition) is 4. The molecule has 100 valence electrons. The molecule has 6 nitrogen and oxygen atoms in total. The third kappa shape index (κ3) is 2.59. The molecule has 2 amide bonds. The normalized spacial score (nSPS) is 13.7. The number of nitrogens with zero attached hydrogens (tertiary/aromatic N) is 1. The lowest BCUT2D eigenvalue weighted by atomic mass is 10.1. The lowest BCUT2D eigenvalue weighted by Gasteiger charge is -2.15. The zero-order chi connectivity index (χ0) is 14.0. The number of aliphatic hydroxyl groups is 1. The lowest BCUT2D eigenvalue weighted by molar-refractivity contribution is -0.122. The van der Waals surface area contributed by atoms with Crippen molar-refractivity contribution in [3.05, 3.63) is 28.8 Å². The van der Waals surface area contributed by atoms with E-state index in [1.54, 1.807) is 0 Å². The summed E-state index contributed by atoms with van der Waals surface area (Å²) >= 11 is 5.82. The summed E-state index contributed by atoms with van der Waals surface area (Å²) in [5.41, 5.74) is 0.575. The van der Waals surface area contributed by atoms with Crippen molar-refractivity contribution >= 4 is 34.9 Å². The van der Waals surface area contributed by atoms with Crippen LogP contribution < -0.4 is 10.2 Å². The molecule has 0 fully saturated rings. The third-order valence-corrected chi connectivity index (χ3v) is 2.91. The summed E-state index contributed by atoms with van der Waals surface area (Å²) < 4.78 is 0. The molecular weight excluding hydrogens is 272 g/mol. The Morgan fingerprint density at radius 1 is 1.37 bits per heavy atom. The number of aliphatic hydroxyl groups excluding tert-OH is 1. The summed E-state index contributed by atoms with van der Waals surface area (Å²) in [6.07, 6.45) is 0. The molecule has 0 atom stereocenters. The number of carbonyl (C=O) groups is 3. The van der Waals surface area contributed by atoms with E-state index in [0.717, 1.165) is 4.90 Å². The molecule has 2 N–H and O–H groups in total. The van der Waals surface area contributed by atoms with Gasteiger partial charge in [-0.2, -0.15) is 0 Å². The maximum absolute atomic E-state index is 11.8. The zero-order valence-corrected chi connectivity index (χ0v) is 10.6. The smallest absolute Gasteiger partial charge is 0.299 e. The standard InChI is InChI=1S/C12H11ClN2O4/c13-7-1-2-8-9(5-7)15(12(19)11(8)18)6-10(17)14-3-4-16/h1-2,5,16H,3-4,6H2,(H,14,17). The molecule has 0 saturated heterocycles. The van der Waals surface area contributed by atoms with Crippen molar-refractivity contribution in [1.29, 1.82) is 0 Å². The second kappa shape index (κ2) is 5.38. The van der Waals surface area contributed by atoms with Crippen LogP contribution in [0.4, 0.5) is 5.69 Å². The predicted octanol–water partition coefficient (Wildman–Crippen LogP) is -0.0222. The monoisotopic (exact) mass is 282 g/mol. The van der Waals surface area contributed by atoms with Gasteiger partial charge in [-0.05, 0) is 18.2 Å². The van der Waals surface area contributed by atoms with E-state index in [0.29, 0.717) is 10.7 Å². The fourth-order valence-corrected chi connectivity index (χ4v) is 1.99. The van der Waals surface area contributed by atoms with Crippen LogP contribution in [0.1, 0.15) is 10.4 Å². The molecule has 1 aliphatic heterocycles. The Balaban J connectivity index is 2.23. The molecule has 0 saturated carbocycles. The van der Waals surface area contributed by atoms with Crippen molar-refractivity contribution in [3.63, 3.8) is 0 Å². The highest BCUT2D eigenvalue weighted by Crippen LogP contribution is 2.31. The molecule has 0 bridgehead atoms. The summed E-state index contributed by atoms with van der Waals surface area (Å²) in [5, 5.41) is 11.4. The molecule has 0 aromatic heterocycles. The number of benzene rings is 1. The lowest BCUT2D eigenvalue weighted by Crippen LogP contribution is -2.40. The van der Waals surface area contributed by atoms with Crippen LogP contribution in [-0.4, -0.2) is 42.4 Å². The van der Waals surface area contributed by atoms with Gasteiger partial charge in [0, 0.05) is 11.6 Å². The van der Waals surface area contributed by atoms with Gasteiger partial charge < -0.3 is 10.4 Å². The van der Waals surface area contributed by atoms with Crippen molar-refractivity contribution < 1.29 is 19.5 Å². The number of Topliss-reactive ketones (excluding diaryl/α,β-unsaturated/α-hetero) is 1. The Labute approximate surface area is 114 Å². The van der Waals surface area contributed by atoms with Crippen LogP contribution in [0.15, 0.2) is 18.2 Å². The minimum absolute atomic E-state index is 0.0945.